The highest BCUT2D eigenvalue weighted by Gasteiger charge is 2.12. The second kappa shape index (κ2) is 6.05. The summed E-state index contributed by atoms with van der Waals surface area (Å²) < 4.78 is 5.44. The van der Waals surface area contributed by atoms with Gasteiger partial charge in [-0.2, -0.15) is 0 Å². The summed E-state index contributed by atoms with van der Waals surface area (Å²) in [7, 11) is 0. The normalized spacial score (nSPS) is 11.1. The highest BCUT2D eigenvalue weighted by atomic mass is 32.1. The Balaban J connectivity index is 1.57. The van der Waals surface area contributed by atoms with Crippen LogP contribution in [-0.2, 0) is 6.54 Å². The number of anilines is 1. The van der Waals surface area contributed by atoms with Crippen LogP contribution in [0.25, 0.3) is 21.5 Å². The minimum atomic E-state index is 0.528. The number of fused-ring (bicyclic) bond motifs is 1. The minimum Gasteiger partial charge on any atom is -0.362 e. The van der Waals surface area contributed by atoms with Crippen molar-refractivity contribution < 1.29 is 4.52 Å². The number of nitrogens with zero attached hydrogens (tertiary/aromatic N) is 3. The first kappa shape index (κ1) is 14.8. The number of hydrogen-bond donors (Lipinski definition) is 1. The smallest absolute Gasteiger partial charge is 0.156 e. The Morgan fingerprint density at radius 1 is 1.12 bits per heavy atom. The third kappa shape index (κ3) is 2.65. The molecule has 4 rings (SSSR count). The monoisotopic (exact) mass is 336 g/mol. The number of thiophene rings is 1. The summed E-state index contributed by atoms with van der Waals surface area (Å²) in [5.74, 6) is 1.60. The Hall–Kier alpha value is -2.73. The lowest BCUT2D eigenvalue weighted by Crippen LogP contribution is -2.01. The molecule has 0 saturated heterocycles. The molecular weight excluding hydrogens is 320 g/mol. The Bertz CT molecular complexity index is 991. The Morgan fingerprint density at radius 3 is 2.79 bits per heavy atom. The molecule has 0 saturated carbocycles. The average molecular weight is 336 g/mol. The van der Waals surface area contributed by atoms with Crippen LogP contribution in [0.2, 0.25) is 0 Å². The maximum absolute atomic E-state index is 5.44. The Labute approximate surface area is 143 Å². The fraction of sp³-hybridized carbons (Fsp3) is 0.167. The highest BCUT2D eigenvalue weighted by Crippen LogP contribution is 2.32. The van der Waals surface area contributed by atoms with Gasteiger partial charge in [-0.15, -0.1) is 11.3 Å². The van der Waals surface area contributed by atoms with Crippen molar-refractivity contribution in [1.82, 2.24) is 15.1 Å². The molecule has 0 bridgehead atoms. The third-order valence-electron chi connectivity index (χ3n) is 4.02. The Kier molecular flexibility index (Phi) is 3.74. The van der Waals surface area contributed by atoms with Crippen molar-refractivity contribution in [1.29, 1.82) is 0 Å². The van der Waals surface area contributed by atoms with Gasteiger partial charge in [-0.3, -0.25) is 0 Å². The zero-order chi connectivity index (χ0) is 16.5. The molecule has 0 radical (unpaired) electrons. The Morgan fingerprint density at radius 2 is 1.96 bits per heavy atom. The molecule has 0 amide bonds. The molecule has 120 valence electrons. The molecule has 0 unspecified atom stereocenters. The van der Waals surface area contributed by atoms with E-state index in [1.54, 1.807) is 17.7 Å². The molecule has 3 aromatic heterocycles. The molecule has 1 N–H and O–H groups in total. The molecule has 6 heteroatoms. The standard InChI is InChI=1S/C18H16N4OS/c1-11-12(2)24-18-16(11)17(20-10-21-18)19-9-14-8-15(22-23-14)13-6-4-3-5-7-13/h3-8,10H,9H2,1-2H3,(H,19,20,21). The van der Waals surface area contributed by atoms with E-state index in [0.717, 1.165) is 33.1 Å². The lowest BCUT2D eigenvalue weighted by Gasteiger charge is -2.04. The number of aryl methyl sites for hydroxylation is 2. The summed E-state index contributed by atoms with van der Waals surface area (Å²) in [4.78, 5) is 11.0. The van der Waals surface area contributed by atoms with Gasteiger partial charge in [0.1, 0.15) is 22.7 Å². The maximum Gasteiger partial charge on any atom is 0.156 e. The van der Waals surface area contributed by atoms with E-state index >= 15 is 0 Å². The summed E-state index contributed by atoms with van der Waals surface area (Å²) in [5.41, 5.74) is 3.10. The first-order valence-corrected chi connectivity index (χ1v) is 8.49. The first-order valence-electron chi connectivity index (χ1n) is 7.68. The molecule has 0 aliphatic heterocycles. The van der Waals surface area contributed by atoms with E-state index in [1.165, 1.54) is 10.4 Å². The fourth-order valence-electron chi connectivity index (χ4n) is 2.63. The summed E-state index contributed by atoms with van der Waals surface area (Å²) in [6.45, 7) is 4.74. The van der Waals surface area contributed by atoms with Crippen molar-refractivity contribution in [3.05, 3.63) is 58.9 Å². The van der Waals surface area contributed by atoms with Crippen molar-refractivity contribution >= 4 is 27.4 Å². The molecule has 0 aliphatic rings. The number of rotatable bonds is 4. The fourth-order valence-corrected chi connectivity index (χ4v) is 3.63. The molecule has 0 spiro atoms. The van der Waals surface area contributed by atoms with Gasteiger partial charge in [0.25, 0.3) is 0 Å². The van der Waals surface area contributed by atoms with Crippen LogP contribution >= 0.6 is 11.3 Å². The van der Waals surface area contributed by atoms with Gasteiger partial charge < -0.3 is 9.84 Å². The molecule has 1 aromatic carbocycles. The van der Waals surface area contributed by atoms with Crippen LogP contribution in [0.4, 0.5) is 5.82 Å². The van der Waals surface area contributed by atoms with Crippen LogP contribution in [-0.4, -0.2) is 15.1 Å². The third-order valence-corrected chi connectivity index (χ3v) is 5.14. The topological polar surface area (TPSA) is 63.8 Å². The number of aromatic nitrogens is 3. The molecule has 4 aromatic rings. The molecular formula is C18H16N4OS. The van der Waals surface area contributed by atoms with E-state index in [9.17, 15) is 0 Å². The SMILES string of the molecule is Cc1sc2ncnc(NCc3cc(-c4ccccc4)no3)c2c1C. The number of benzene rings is 1. The van der Waals surface area contributed by atoms with Crippen LogP contribution in [0.3, 0.4) is 0 Å². The largest absolute Gasteiger partial charge is 0.362 e. The average Bonchev–Trinajstić information content (AvgIpc) is 3.19. The van der Waals surface area contributed by atoms with E-state index in [1.807, 2.05) is 36.4 Å². The molecule has 0 aliphatic carbocycles. The lowest BCUT2D eigenvalue weighted by molar-refractivity contribution is 0.390. The number of nitrogens with one attached hydrogen (secondary N) is 1. The molecule has 3 heterocycles. The second-order valence-corrected chi connectivity index (χ2v) is 6.79. The van der Waals surface area contributed by atoms with Crippen molar-refractivity contribution in [2.24, 2.45) is 0 Å². The van der Waals surface area contributed by atoms with E-state index in [4.69, 9.17) is 4.52 Å². The van der Waals surface area contributed by atoms with Crippen LogP contribution in [0.5, 0.6) is 0 Å². The first-order chi connectivity index (χ1) is 11.7. The summed E-state index contributed by atoms with van der Waals surface area (Å²) in [6.07, 6.45) is 1.59. The van der Waals surface area contributed by atoms with Crippen LogP contribution in [0, 0.1) is 13.8 Å². The van der Waals surface area contributed by atoms with Crippen LogP contribution in [0.1, 0.15) is 16.2 Å². The van der Waals surface area contributed by atoms with E-state index in [0.29, 0.717) is 6.54 Å². The minimum absolute atomic E-state index is 0.528. The van der Waals surface area contributed by atoms with Gasteiger partial charge >= 0.3 is 0 Å². The predicted octanol–water partition coefficient (Wildman–Crippen LogP) is 4.58. The summed E-state index contributed by atoms with van der Waals surface area (Å²) in [5, 5.41) is 8.57. The van der Waals surface area contributed by atoms with Crippen LogP contribution < -0.4 is 5.32 Å². The van der Waals surface area contributed by atoms with Crippen LogP contribution in [0.15, 0.2) is 47.2 Å². The van der Waals surface area contributed by atoms with Gasteiger partial charge in [0.2, 0.25) is 0 Å². The van der Waals surface area contributed by atoms with Gasteiger partial charge in [-0.25, -0.2) is 9.97 Å². The van der Waals surface area contributed by atoms with Crippen molar-refractivity contribution in [2.75, 3.05) is 5.32 Å². The van der Waals surface area contributed by atoms with E-state index in [2.05, 4.69) is 34.3 Å². The van der Waals surface area contributed by atoms with Crippen molar-refractivity contribution in [3.63, 3.8) is 0 Å². The molecule has 0 atom stereocenters. The predicted molar refractivity (Wildman–Crippen MR) is 96.2 cm³/mol. The van der Waals surface area contributed by atoms with Gasteiger partial charge in [-0.1, -0.05) is 35.5 Å². The zero-order valence-electron chi connectivity index (χ0n) is 13.4. The zero-order valence-corrected chi connectivity index (χ0v) is 14.2. The molecule has 24 heavy (non-hydrogen) atoms. The van der Waals surface area contributed by atoms with Gasteiger partial charge in [-0.05, 0) is 19.4 Å². The lowest BCUT2D eigenvalue weighted by atomic mass is 10.1. The molecule has 0 fully saturated rings. The van der Waals surface area contributed by atoms with Crippen molar-refractivity contribution in [3.8, 4) is 11.3 Å². The number of hydrogen-bond acceptors (Lipinski definition) is 6. The van der Waals surface area contributed by atoms with Gasteiger partial charge in [0.15, 0.2) is 5.76 Å². The summed E-state index contributed by atoms with van der Waals surface area (Å²) >= 11 is 1.69. The summed E-state index contributed by atoms with van der Waals surface area (Å²) in [6, 6.07) is 11.9. The van der Waals surface area contributed by atoms with Gasteiger partial charge in [0.05, 0.1) is 11.9 Å². The maximum atomic E-state index is 5.44. The van der Waals surface area contributed by atoms with E-state index in [-0.39, 0.29) is 0 Å². The quantitative estimate of drug-likeness (QED) is 0.591. The van der Waals surface area contributed by atoms with Crippen molar-refractivity contribution in [2.45, 2.75) is 20.4 Å². The van der Waals surface area contributed by atoms with Gasteiger partial charge in [0, 0.05) is 16.5 Å². The van der Waals surface area contributed by atoms with E-state index < -0.39 is 0 Å². The second-order valence-electron chi connectivity index (χ2n) is 5.58. The highest BCUT2D eigenvalue weighted by molar-refractivity contribution is 7.18. The molecule has 5 nitrogen and oxygen atoms in total.